The molecule has 9 heteroatoms. The Bertz CT molecular complexity index is 1110. The van der Waals surface area contributed by atoms with Crippen LogP contribution >= 0.6 is 34.8 Å². The van der Waals surface area contributed by atoms with Crippen LogP contribution in [0.3, 0.4) is 0 Å². The molecule has 1 aromatic carbocycles. The van der Waals surface area contributed by atoms with Gasteiger partial charge < -0.3 is 9.64 Å². The highest BCUT2D eigenvalue weighted by atomic mass is 35.5. The molecule has 1 amide bonds. The van der Waals surface area contributed by atoms with Crippen LogP contribution in [0.1, 0.15) is 28.8 Å². The van der Waals surface area contributed by atoms with Crippen LogP contribution in [0.4, 0.5) is 4.39 Å². The van der Waals surface area contributed by atoms with Crippen molar-refractivity contribution >= 4 is 40.7 Å². The zero-order valence-electron chi connectivity index (χ0n) is 17.0. The molecule has 0 saturated carbocycles. The van der Waals surface area contributed by atoms with E-state index in [4.69, 9.17) is 39.5 Å². The molecule has 4 rings (SSSR count). The normalized spacial score (nSPS) is 19.1. The Balaban J connectivity index is 1.61. The minimum atomic E-state index is -0.632. The van der Waals surface area contributed by atoms with Gasteiger partial charge in [0, 0.05) is 43.4 Å². The number of hydrogen-bond acceptors (Lipinski definition) is 4. The fourth-order valence-electron chi connectivity index (χ4n) is 3.96. The number of carbonyl (C=O) groups is 1. The number of carbonyl (C=O) groups excluding carboxylic acids is 1. The average Bonchev–Trinajstić information content (AvgIpc) is 3.23. The standard InChI is InChI=1S/C23H19Cl3FN3O2/c1-13(32-22-7-4-16(24)10-29-22)17-11-30(23(31)15-3-6-21(27)28-9-15)12-18(17)14-2-5-19(25)20(26)8-14/h2-10,13,17-18H,11-12H2,1H3/t13-,17?,18+/m1/s1. The lowest BCUT2D eigenvalue weighted by atomic mass is 9.86. The zero-order valence-corrected chi connectivity index (χ0v) is 19.3. The summed E-state index contributed by atoms with van der Waals surface area (Å²) in [7, 11) is 0. The molecule has 3 heterocycles. The van der Waals surface area contributed by atoms with Crippen LogP contribution in [-0.4, -0.2) is 40.0 Å². The Morgan fingerprint density at radius 1 is 1.06 bits per heavy atom. The summed E-state index contributed by atoms with van der Waals surface area (Å²) in [6.07, 6.45) is 2.50. The molecule has 3 atom stereocenters. The number of nitrogens with zero attached hydrogens (tertiary/aromatic N) is 3. The van der Waals surface area contributed by atoms with Crippen molar-refractivity contribution in [2.75, 3.05) is 13.1 Å². The van der Waals surface area contributed by atoms with Gasteiger partial charge in [-0.05, 0) is 42.8 Å². The summed E-state index contributed by atoms with van der Waals surface area (Å²) in [5, 5.41) is 1.43. The van der Waals surface area contributed by atoms with E-state index in [1.807, 2.05) is 19.1 Å². The Morgan fingerprint density at radius 2 is 1.88 bits per heavy atom. The van der Waals surface area contributed by atoms with Gasteiger partial charge >= 0.3 is 0 Å². The minimum absolute atomic E-state index is 0.0515. The lowest BCUT2D eigenvalue weighted by Gasteiger charge is -2.25. The monoisotopic (exact) mass is 493 g/mol. The van der Waals surface area contributed by atoms with Crippen LogP contribution in [0.15, 0.2) is 54.9 Å². The number of hydrogen-bond donors (Lipinski definition) is 0. The molecule has 32 heavy (non-hydrogen) atoms. The highest BCUT2D eigenvalue weighted by Crippen LogP contribution is 2.38. The summed E-state index contributed by atoms with van der Waals surface area (Å²) < 4.78 is 19.3. The van der Waals surface area contributed by atoms with Gasteiger partial charge in [-0.3, -0.25) is 4.79 Å². The summed E-state index contributed by atoms with van der Waals surface area (Å²) in [5.41, 5.74) is 1.28. The molecule has 0 spiro atoms. The van der Waals surface area contributed by atoms with Crippen molar-refractivity contribution in [3.8, 4) is 5.88 Å². The third-order valence-corrected chi connectivity index (χ3v) is 6.57. The van der Waals surface area contributed by atoms with E-state index in [9.17, 15) is 9.18 Å². The molecule has 166 valence electrons. The van der Waals surface area contributed by atoms with Crippen LogP contribution in [0, 0.1) is 11.9 Å². The van der Waals surface area contributed by atoms with Crippen molar-refractivity contribution in [3.05, 3.63) is 87.0 Å². The molecular formula is C23H19Cl3FN3O2. The molecule has 0 aliphatic carbocycles. The number of pyridine rings is 2. The Labute approximate surface area is 200 Å². The Kier molecular flexibility index (Phi) is 6.84. The molecular weight excluding hydrogens is 476 g/mol. The van der Waals surface area contributed by atoms with Gasteiger partial charge in [-0.15, -0.1) is 0 Å². The van der Waals surface area contributed by atoms with Gasteiger partial charge in [-0.25, -0.2) is 9.97 Å². The lowest BCUT2D eigenvalue weighted by Crippen LogP contribution is -2.32. The summed E-state index contributed by atoms with van der Waals surface area (Å²) in [4.78, 5) is 22.6. The smallest absolute Gasteiger partial charge is 0.255 e. The molecule has 1 saturated heterocycles. The molecule has 1 aliphatic heterocycles. The number of ether oxygens (including phenoxy) is 1. The van der Waals surface area contributed by atoms with Crippen molar-refractivity contribution < 1.29 is 13.9 Å². The third kappa shape index (κ3) is 4.98. The number of amides is 1. The highest BCUT2D eigenvalue weighted by molar-refractivity contribution is 6.42. The maximum Gasteiger partial charge on any atom is 0.255 e. The average molecular weight is 495 g/mol. The first-order chi connectivity index (χ1) is 15.3. The summed E-state index contributed by atoms with van der Waals surface area (Å²) in [6, 6.07) is 11.5. The summed E-state index contributed by atoms with van der Waals surface area (Å²) in [5.74, 6) is -0.511. The quantitative estimate of drug-likeness (QED) is 0.414. The topological polar surface area (TPSA) is 55.3 Å². The van der Waals surface area contributed by atoms with Gasteiger partial charge in [0.25, 0.3) is 5.91 Å². The number of benzene rings is 1. The van der Waals surface area contributed by atoms with Crippen molar-refractivity contribution in [1.29, 1.82) is 0 Å². The SMILES string of the molecule is C[C@@H](Oc1ccc(Cl)cn1)C1CN(C(=O)c2ccc(F)nc2)C[C@H]1c1ccc(Cl)c(Cl)c1. The number of rotatable bonds is 5. The third-order valence-electron chi connectivity index (χ3n) is 5.61. The second kappa shape index (κ2) is 9.61. The van der Waals surface area contributed by atoms with Gasteiger partial charge in [0.2, 0.25) is 11.8 Å². The highest BCUT2D eigenvalue weighted by Gasteiger charge is 2.40. The van der Waals surface area contributed by atoms with Crippen LogP contribution in [0.2, 0.25) is 15.1 Å². The van der Waals surface area contributed by atoms with Crippen LogP contribution in [0.25, 0.3) is 0 Å². The largest absolute Gasteiger partial charge is 0.474 e. The maximum absolute atomic E-state index is 13.2. The van der Waals surface area contributed by atoms with Crippen molar-refractivity contribution in [2.24, 2.45) is 5.92 Å². The van der Waals surface area contributed by atoms with E-state index in [-0.39, 0.29) is 23.8 Å². The molecule has 0 bridgehead atoms. The van der Waals surface area contributed by atoms with Gasteiger partial charge in [0.05, 0.1) is 20.6 Å². The van der Waals surface area contributed by atoms with E-state index in [0.29, 0.717) is 39.6 Å². The second-order valence-corrected chi connectivity index (χ2v) is 8.91. The number of halogens is 4. The van der Waals surface area contributed by atoms with Crippen LogP contribution in [0.5, 0.6) is 5.88 Å². The summed E-state index contributed by atoms with van der Waals surface area (Å²) >= 11 is 18.3. The van der Waals surface area contributed by atoms with E-state index in [0.717, 1.165) is 5.56 Å². The predicted octanol–water partition coefficient (Wildman–Crippen LogP) is 5.90. The second-order valence-electron chi connectivity index (χ2n) is 7.66. The van der Waals surface area contributed by atoms with E-state index < -0.39 is 5.95 Å². The molecule has 3 aromatic rings. The van der Waals surface area contributed by atoms with E-state index in [2.05, 4.69) is 9.97 Å². The fourth-order valence-corrected chi connectivity index (χ4v) is 4.38. The van der Waals surface area contributed by atoms with Crippen molar-refractivity contribution in [1.82, 2.24) is 14.9 Å². The van der Waals surface area contributed by atoms with Crippen LogP contribution < -0.4 is 4.74 Å². The van der Waals surface area contributed by atoms with Crippen LogP contribution in [-0.2, 0) is 0 Å². The van der Waals surface area contributed by atoms with Gasteiger partial charge in [0.1, 0.15) is 6.10 Å². The predicted molar refractivity (Wildman–Crippen MR) is 122 cm³/mol. The molecule has 1 aliphatic rings. The Hall–Kier alpha value is -2.41. The Morgan fingerprint density at radius 3 is 2.53 bits per heavy atom. The maximum atomic E-state index is 13.2. The lowest BCUT2D eigenvalue weighted by molar-refractivity contribution is 0.0769. The molecule has 0 N–H and O–H groups in total. The number of likely N-dealkylation sites (tertiary alicyclic amines) is 1. The van der Waals surface area contributed by atoms with Gasteiger partial charge in [-0.1, -0.05) is 40.9 Å². The molecule has 0 radical (unpaired) electrons. The van der Waals surface area contributed by atoms with Crippen molar-refractivity contribution in [3.63, 3.8) is 0 Å². The first-order valence-corrected chi connectivity index (χ1v) is 11.1. The fraction of sp³-hybridized carbons (Fsp3) is 0.261. The number of aromatic nitrogens is 2. The first-order valence-electron chi connectivity index (χ1n) is 9.96. The van der Waals surface area contributed by atoms with E-state index in [1.165, 1.54) is 24.5 Å². The van der Waals surface area contributed by atoms with E-state index in [1.54, 1.807) is 23.1 Å². The van der Waals surface area contributed by atoms with Gasteiger partial charge in [-0.2, -0.15) is 4.39 Å². The molecule has 1 fully saturated rings. The summed E-state index contributed by atoms with van der Waals surface area (Å²) in [6.45, 7) is 2.83. The van der Waals surface area contributed by atoms with Gasteiger partial charge in [0.15, 0.2) is 0 Å². The van der Waals surface area contributed by atoms with E-state index >= 15 is 0 Å². The molecule has 2 aromatic heterocycles. The zero-order chi connectivity index (χ0) is 22.8. The van der Waals surface area contributed by atoms with Crippen molar-refractivity contribution in [2.45, 2.75) is 18.9 Å². The molecule has 5 nitrogen and oxygen atoms in total. The minimum Gasteiger partial charge on any atom is -0.474 e. The molecule has 1 unspecified atom stereocenters. The first kappa shape index (κ1) is 22.8.